The van der Waals surface area contributed by atoms with Crippen LogP contribution in [0.15, 0.2) is 29.3 Å². The molecule has 0 amide bonds. The van der Waals surface area contributed by atoms with Crippen molar-refractivity contribution in [2.45, 2.75) is 26.4 Å². The first kappa shape index (κ1) is 26.1. The van der Waals surface area contributed by atoms with Crippen LogP contribution in [-0.2, 0) is 17.8 Å². The number of nitrogens with one attached hydrogen (secondary N) is 2. The third kappa shape index (κ3) is 13.0. The molecule has 6 nitrogen and oxygen atoms in total. The molecule has 0 aliphatic carbocycles. The number of guanidine groups is 1. The summed E-state index contributed by atoms with van der Waals surface area (Å²) >= 11 is 0. The Hall–Kier alpha value is -0.900. The van der Waals surface area contributed by atoms with E-state index in [2.05, 4.69) is 72.8 Å². The molecule has 1 aromatic carbocycles. The van der Waals surface area contributed by atoms with Gasteiger partial charge in [-0.15, -0.1) is 24.0 Å². The Bertz CT molecular complexity index is 525. The number of ether oxygens (including phenoxy) is 1. The molecule has 0 unspecified atom stereocenters. The zero-order valence-electron chi connectivity index (χ0n) is 17.6. The molecule has 0 radical (unpaired) electrons. The third-order valence-corrected chi connectivity index (χ3v) is 3.93. The summed E-state index contributed by atoms with van der Waals surface area (Å²) in [5, 5.41) is 6.73. The third-order valence-electron chi connectivity index (χ3n) is 3.93. The van der Waals surface area contributed by atoms with Gasteiger partial charge in [0, 0.05) is 46.4 Å². The number of benzene rings is 1. The molecule has 0 saturated carbocycles. The molecule has 156 valence electrons. The summed E-state index contributed by atoms with van der Waals surface area (Å²) in [6.07, 6.45) is 1.06. The molecule has 1 rings (SSSR count). The number of halogens is 1. The Balaban J connectivity index is 0.00000676. The van der Waals surface area contributed by atoms with Crippen LogP contribution in [0.5, 0.6) is 0 Å². The molecule has 0 aliphatic rings. The van der Waals surface area contributed by atoms with Crippen molar-refractivity contribution in [3.8, 4) is 0 Å². The van der Waals surface area contributed by atoms with Gasteiger partial charge in [-0.1, -0.05) is 24.3 Å². The lowest BCUT2D eigenvalue weighted by Crippen LogP contribution is -2.41. The molecular weight excluding hydrogens is 453 g/mol. The lowest BCUT2D eigenvalue weighted by molar-refractivity contribution is 0.180. The van der Waals surface area contributed by atoms with Gasteiger partial charge in [0.05, 0.1) is 6.54 Å². The second kappa shape index (κ2) is 16.1. The molecule has 0 spiro atoms. The van der Waals surface area contributed by atoms with Crippen molar-refractivity contribution in [2.24, 2.45) is 4.99 Å². The van der Waals surface area contributed by atoms with Gasteiger partial charge in [-0.05, 0) is 45.6 Å². The number of hydrogen-bond acceptors (Lipinski definition) is 4. The van der Waals surface area contributed by atoms with Crippen LogP contribution in [0, 0.1) is 0 Å². The Morgan fingerprint density at radius 3 is 2.52 bits per heavy atom. The molecule has 0 bridgehead atoms. The van der Waals surface area contributed by atoms with Crippen molar-refractivity contribution in [3.63, 3.8) is 0 Å². The van der Waals surface area contributed by atoms with Gasteiger partial charge in [0.15, 0.2) is 5.96 Å². The first-order valence-electron chi connectivity index (χ1n) is 9.47. The van der Waals surface area contributed by atoms with E-state index in [1.165, 1.54) is 11.1 Å². The monoisotopic (exact) mass is 491 g/mol. The van der Waals surface area contributed by atoms with Crippen LogP contribution < -0.4 is 10.6 Å². The minimum absolute atomic E-state index is 0. The summed E-state index contributed by atoms with van der Waals surface area (Å²) in [5.74, 6) is 0.871. The van der Waals surface area contributed by atoms with Gasteiger partial charge < -0.3 is 25.2 Å². The number of hydrogen-bond donors (Lipinski definition) is 2. The number of likely N-dealkylation sites (N-methyl/N-ethyl adjacent to an activating group) is 1. The van der Waals surface area contributed by atoms with Crippen LogP contribution in [0.25, 0.3) is 0 Å². The fourth-order valence-corrected chi connectivity index (χ4v) is 2.66. The molecule has 1 aromatic rings. The molecule has 2 N–H and O–H groups in total. The molecular formula is C20H38IN5O. The summed E-state index contributed by atoms with van der Waals surface area (Å²) in [4.78, 5) is 9.20. The molecule has 0 aromatic heterocycles. The SMILES string of the molecule is CCNC(=NCc1cccc(CN(C)C)c1)NCCN(C)CCCOC.I. The molecule has 27 heavy (non-hydrogen) atoms. The fourth-order valence-electron chi connectivity index (χ4n) is 2.66. The summed E-state index contributed by atoms with van der Waals surface area (Å²) < 4.78 is 5.10. The Morgan fingerprint density at radius 2 is 1.85 bits per heavy atom. The average molecular weight is 491 g/mol. The zero-order chi connectivity index (χ0) is 19.2. The zero-order valence-corrected chi connectivity index (χ0v) is 20.0. The van der Waals surface area contributed by atoms with Crippen molar-refractivity contribution in [1.29, 1.82) is 0 Å². The highest BCUT2D eigenvalue weighted by molar-refractivity contribution is 14.0. The molecule has 0 aliphatic heterocycles. The number of rotatable bonds is 12. The van der Waals surface area contributed by atoms with Gasteiger partial charge in [0.1, 0.15) is 0 Å². The van der Waals surface area contributed by atoms with Crippen LogP contribution in [0.4, 0.5) is 0 Å². The second-order valence-electron chi connectivity index (χ2n) is 6.83. The molecule has 0 saturated heterocycles. The van der Waals surface area contributed by atoms with Crippen LogP contribution in [0.1, 0.15) is 24.5 Å². The minimum atomic E-state index is 0. The van der Waals surface area contributed by atoms with Gasteiger partial charge in [-0.2, -0.15) is 0 Å². The van der Waals surface area contributed by atoms with Crippen LogP contribution in [0.3, 0.4) is 0 Å². The van der Waals surface area contributed by atoms with E-state index in [9.17, 15) is 0 Å². The van der Waals surface area contributed by atoms with E-state index in [1.54, 1.807) is 7.11 Å². The van der Waals surface area contributed by atoms with E-state index < -0.39 is 0 Å². The maximum absolute atomic E-state index is 5.10. The van der Waals surface area contributed by atoms with Gasteiger partial charge >= 0.3 is 0 Å². The topological polar surface area (TPSA) is 52.1 Å². The van der Waals surface area contributed by atoms with E-state index in [0.717, 1.165) is 51.7 Å². The largest absolute Gasteiger partial charge is 0.385 e. The van der Waals surface area contributed by atoms with Gasteiger partial charge in [-0.25, -0.2) is 4.99 Å². The molecule has 0 fully saturated rings. The predicted molar refractivity (Wildman–Crippen MR) is 126 cm³/mol. The first-order chi connectivity index (χ1) is 12.5. The smallest absolute Gasteiger partial charge is 0.191 e. The predicted octanol–water partition coefficient (Wildman–Crippen LogP) is 2.39. The second-order valence-corrected chi connectivity index (χ2v) is 6.83. The van der Waals surface area contributed by atoms with Crippen LogP contribution >= 0.6 is 24.0 Å². The summed E-state index contributed by atoms with van der Waals surface area (Å²) in [7, 11) is 8.06. The lowest BCUT2D eigenvalue weighted by Gasteiger charge is -2.18. The molecule has 0 heterocycles. The van der Waals surface area contributed by atoms with Crippen LogP contribution in [0.2, 0.25) is 0 Å². The Kier molecular flexibility index (Phi) is 15.6. The normalized spacial score (nSPS) is 11.6. The summed E-state index contributed by atoms with van der Waals surface area (Å²) in [6, 6.07) is 8.64. The van der Waals surface area contributed by atoms with E-state index in [0.29, 0.717) is 6.54 Å². The van der Waals surface area contributed by atoms with E-state index >= 15 is 0 Å². The van der Waals surface area contributed by atoms with E-state index in [4.69, 9.17) is 9.73 Å². The molecule has 7 heteroatoms. The van der Waals surface area contributed by atoms with Crippen molar-refractivity contribution in [2.75, 3.05) is 61.0 Å². The van der Waals surface area contributed by atoms with Crippen molar-refractivity contribution >= 4 is 29.9 Å². The van der Waals surface area contributed by atoms with Gasteiger partial charge in [0.2, 0.25) is 0 Å². The quantitative estimate of drug-likeness (QED) is 0.204. The number of nitrogens with zero attached hydrogens (tertiary/aromatic N) is 3. The maximum Gasteiger partial charge on any atom is 0.191 e. The van der Waals surface area contributed by atoms with Crippen molar-refractivity contribution in [1.82, 2.24) is 20.4 Å². The average Bonchev–Trinajstić information content (AvgIpc) is 2.59. The summed E-state index contributed by atoms with van der Waals surface area (Å²) in [5.41, 5.74) is 2.55. The fraction of sp³-hybridized carbons (Fsp3) is 0.650. The first-order valence-corrected chi connectivity index (χ1v) is 9.47. The highest BCUT2D eigenvalue weighted by atomic mass is 127. The summed E-state index contributed by atoms with van der Waals surface area (Å²) in [6.45, 7) is 8.28. The van der Waals surface area contributed by atoms with Gasteiger partial charge in [-0.3, -0.25) is 0 Å². The Morgan fingerprint density at radius 1 is 1.11 bits per heavy atom. The van der Waals surface area contributed by atoms with Gasteiger partial charge in [0.25, 0.3) is 0 Å². The lowest BCUT2D eigenvalue weighted by atomic mass is 10.1. The number of methoxy groups -OCH3 is 1. The highest BCUT2D eigenvalue weighted by Crippen LogP contribution is 2.08. The number of aliphatic imine (C=N–C) groups is 1. The molecule has 0 atom stereocenters. The minimum Gasteiger partial charge on any atom is -0.385 e. The van der Waals surface area contributed by atoms with E-state index in [-0.39, 0.29) is 24.0 Å². The highest BCUT2D eigenvalue weighted by Gasteiger charge is 2.02. The standard InChI is InChI=1S/C20H37N5O.HI/c1-6-21-20(22-11-13-25(4)12-8-14-26-5)23-16-18-9-7-10-19(15-18)17-24(2)3;/h7,9-10,15H,6,8,11-14,16-17H2,1-5H3,(H2,21,22,23);1H. The van der Waals surface area contributed by atoms with E-state index in [1.807, 2.05) is 0 Å². The van der Waals surface area contributed by atoms with Crippen molar-refractivity contribution < 1.29 is 4.74 Å². The van der Waals surface area contributed by atoms with Crippen LogP contribution in [-0.4, -0.2) is 76.8 Å². The Labute approximate surface area is 182 Å². The maximum atomic E-state index is 5.10. The van der Waals surface area contributed by atoms with Crippen molar-refractivity contribution in [3.05, 3.63) is 35.4 Å².